The average Bonchev–Trinajstić information content (AvgIpc) is 4.17. The van der Waals surface area contributed by atoms with Gasteiger partial charge in [0.25, 0.3) is 0 Å². The Hall–Kier alpha value is -10.4. The van der Waals surface area contributed by atoms with Gasteiger partial charge in [-0.05, 0) is 66.7 Å². The van der Waals surface area contributed by atoms with Crippen LogP contribution < -0.4 is 0 Å². The fourth-order valence-corrected chi connectivity index (χ4v) is 11.1. The quantitative estimate of drug-likeness (QED) is 0.151. The van der Waals surface area contributed by atoms with E-state index in [4.69, 9.17) is 29.9 Å². The Kier molecular flexibility index (Phi) is 9.67. The minimum absolute atomic E-state index is 0.490. The molecule has 0 aliphatic carbocycles. The molecule has 0 aliphatic rings. The first kappa shape index (κ1) is 42.3. The summed E-state index contributed by atoms with van der Waals surface area (Å²) < 4.78 is 6.82. The van der Waals surface area contributed by atoms with Crippen molar-refractivity contribution in [3.05, 3.63) is 249 Å². The molecule has 0 bridgehead atoms. The van der Waals surface area contributed by atoms with Gasteiger partial charge in [0.2, 0.25) is 5.95 Å². The van der Waals surface area contributed by atoms with Gasteiger partial charge in [-0.3, -0.25) is 4.57 Å². The number of hydrogen-bond acceptors (Lipinski definition) is 6. The molecule has 0 saturated heterocycles. The van der Waals surface area contributed by atoms with Crippen molar-refractivity contribution in [3.63, 3.8) is 0 Å². The largest absolute Gasteiger partial charge is 0.309 e. The van der Waals surface area contributed by atoms with Gasteiger partial charge in [-0.1, -0.05) is 182 Å². The lowest BCUT2D eigenvalue weighted by atomic mass is 10.1. The summed E-state index contributed by atoms with van der Waals surface area (Å²) in [4.78, 5) is 32.3. The molecule has 350 valence electrons. The summed E-state index contributed by atoms with van der Waals surface area (Å²) in [5, 5.41) is 6.86. The smallest absolute Gasteiger partial charge is 0.238 e. The fourth-order valence-electron chi connectivity index (χ4n) is 11.1. The molecule has 5 aromatic heterocycles. The minimum Gasteiger partial charge on any atom is -0.309 e. The topological polar surface area (TPSA) is 92.1 Å². The van der Waals surface area contributed by atoms with Crippen molar-refractivity contribution in [2.24, 2.45) is 0 Å². The third-order valence-electron chi connectivity index (χ3n) is 14.4. The molecule has 15 rings (SSSR count). The zero-order chi connectivity index (χ0) is 49.4. The number of aromatic nitrogens is 9. The molecule has 5 heterocycles. The standard InChI is InChI=1S/C66H41N9/c1-3-21-42(22-4-1)61-67-62(43-23-5-2-6-24-43)69-65(68-61)52-41-44(39-40-60(52)74-55-34-16-9-27-47(55)48-28-10-17-35-56(48)74)63-70-64(72-66(71-63)75-57-36-18-11-29-49(57)50-30-12-19-37-58(50)75)51-31-13-20-38-59(51)73-53-32-14-7-25-45(53)46-26-8-15-33-54(46)73/h1-41H. The molecule has 0 aliphatic heterocycles. The molecule has 0 atom stereocenters. The molecule has 0 saturated carbocycles. The van der Waals surface area contributed by atoms with Crippen molar-refractivity contribution in [2.45, 2.75) is 0 Å². The van der Waals surface area contributed by atoms with E-state index < -0.39 is 0 Å². The molecular weight excluding hydrogens is 919 g/mol. The Morgan fingerprint density at radius 3 is 0.987 bits per heavy atom. The number of para-hydroxylation sites is 7. The highest BCUT2D eigenvalue weighted by Crippen LogP contribution is 2.41. The maximum atomic E-state index is 5.52. The zero-order valence-corrected chi connectivity index (χ0v) is 40.2. The molecule has 0 fully saturated rings. The van der Waals surface area contributed by atoms with E-state index >= 15 is 0 Å². The lowest BCUT2D eigenvalue weighted by molar-refractivity contribution is 0.951. The highest BCUT2D eigenvalue weighted by atomic mass is 15.2. The van der Waals surface area contributed by atoms with Crippen molar-refractivity contribution < 1.29 is 0 Å². The van der Waals surface area contributed by atoms with Gasteiger partial charge in [0.1, 0.15) is 0 Å². The highest BCUT2D eigenvalue weighted by Gasteiger charge is 2.24. The molecule has 0 unspecified atom stereocenters. The maximum Gasteiger partial charge on any atom is 0.238 e. The third-order valence-corrected chi connectivity index (χ3v) is 14.4. The van der Waals surface area contributed by atoms with E-state index in [1.54, 1.807) is 0 Å². The number of benzene rings is 10. The molecule has 9 heteroatoms. The second-order valence-electron chi connectivity index (χ2n) is 18.7. The highest BCUT2D eigenvalue weighted by molar-refractivity contribution is 6.11. The van der Waals surface area contributed by atoms with E-state index in [1.165, 1.54) is 10.8 Å². The van der Waals surface area contributed by atoms with E-state index in [1.807, 2.05) is 60.7 Å². The molecule has 10 aromatic carbocycles. The van der Waals surface area contributed by atoms with Gasteiger partial charge < -0.3 is 9.13 Å². The van der Waals surface area contributed by atoms with Gasteiger partial charge in [-0.25, -0.2) is 19.9 Å². The normalized spacial score (nSPS) is 11.7. The van der Waals surface area contributed by atoms with Crippen molar-refractivity contribution in [3.8, 4) is 74.3 Å². The summed E-state index contributed by atoms with van der Waals surface area (Å²) in [6.07, 6.45) is 0. The Morgan fingerprint density at radius 2 is 0.533 bits per heavy atom. The van der Waals surface area contributed by atoms with E-state index in [-0.39, 0.29) is 0 Å². The summed E-state index contributed by atoms with van der Waals surface area (Å²) in [5.74, 6) is 3.15. The molecule has 9 nitrogen and oxygen atoms in total. The zero-order valence-electron chi connectivity index (χ0n) is 40.2. The number of rotatable bonds is 8. The van der Waals surface area contributed by atoms with Crippen LogP contribution in [0, 0.1) is 0 Å². The van der Waals surface area contributed by atoms with Crippen LogP contribution in [0.5, 0.6) is 0 Å². The fraction of sp³-hybridized carbons (Fsp3) is 0. The molecule has 0 N–H and O–H groups in total. The summed E-state index contributed by atoms with van der Waals surface area (Å²) in [5.41, 5.74) is 12.3. The van der Waals surface area contributed by atoms with Gasteiger partial charge in [-0.2, -0.15) is 9.97 Å². The van der Waals surface area contributed by atoms with E-state index in [9.17, 15) is 0 Å². The van der Waals surface area contributed by atoms with Crippen molar-refractivity contribution >= 4 is 65.4 Å². The van der Waals surface area contributed by atoms with Crippen LogP contribution in [0.3, 0.4) is 0 Å². The van der Waals surface area contributed by atoms with Gasteiger partial charge >= 0.3 is 0 Å². The lowest BCUT2D eigenvalue weighted by Crippen LogP contribution is -2.08. The van der Waals surface area contributed by atoms with Crippen LogP contribution in [-0.4, -0.2) is 43.6 Å². The van der Waals surface area contributed by atoms with Gasteiger partial charge in [-0.15, -0.1) is 0 Å². The second kappa shape index (κ2) is 17.1. The summed E-state index contributed by atoms with van der Waals surface area (Å²) in [7, 11) is 0. The number of fused-ring (bicyclic) bond motifs is 9. The molecule has 0 spiro atoms. The third kappa shape index (κ3) is 6.86. The first-order valence-corrected chi connectivity index (χ1v) is 25.0. The Balaban J connectivity index is 1.03. The van der Waals surface area contributed by atoms with Gasteiger partial charge in [0, 0.05) is 60.1 Å². The Morgan fingerprint density at radius 1 is 0.213 bits per heavy atom. The van der Waals surface area contributed by atoms with Crippen molar-refractivity contribution in [2.75, 3.05) is 0 Å². The number of hydrogen-bond donors (Lipinski definition) is 0. The van der Waals surface area contributed by atoms with Crippen LogP contribution in [0.2, 0.25) is 0 Å². The predicted octanol–water partition coefficient (Wildman–Crippen LogP) is 15.7. The molecule has 75 heavy (non-hydrogen) atoms. The molecular formula is C66H41N9. The van der Waals surface area contributed by atoms with E-state index in [0.717, 1.165) is 93.8 Å². The monoisotopic (exact) mass is 959 g/mol. The number of nitrogens with zero attached hydrogens (tertiary/aromatic N) is 9. The summed E-state index contributed by atoms with van der Waals surface area (Å²) in [6, 6.07) is 86.2. The van der Waals surface area contributed by atoms with Crippen molar-refractivity contribution in [1.82, 2.24) is 43.6 Å². The lowest BCUT2D eigenvalue weighted by Gasteiger charge is -2.17. The van der Waals surface area contributed by atoms with Crippen LogP contribution in [0.25, 0.3) is 140 Å². The van der Waals surface area contributed by atoms with Crippen LogP contribution >= 0.6 is 0 Å². The molecule has 0 radical (unpaired) electrons. The predicted molar refractivity (Wildman–Crippen MR) is 303 cm³/mol. The van der Waals surface area contributed by atoms with Gasteiger partial charge in [0.15, 0.2) is 29.1 Å². The summed E-state index contributed by atoms with van der Waals surface area (Å²) in [6.45, 7) is 0. The average molecular weight is 960 g/mol. The Bertz CT molecular complexity index is 4510. The van der Waals surface area contributed by atoms with Crippen LogP contribution in [0.1, 0.15) is 0 Å². The Labute approximate surface area is 430 Å². The minimum atomic E-state index is 0.490. The maximum absolute atomic E-state index is 5.52. The van der Waals surface area contributed by atoms with Crippen molar-refractivity contribution in [1.29, 1.82) is 0 Å². The van der Waals surface area contributed by atoms with Crippen LogP contribution in [-0.2, 0) is 0 Å². The van der Waals surface area contributed by atoms with Crippen LogP contribution in [0.4, 0.5) is 0 Å². The van der Waals surface area contributed by atoms with E-state index in [2.05, 4.69) is 202 Å². The first-order valence-electron chi connectivity index (χ1n) is 25.0. The van der Waals surface area contributed by atoms with Gasteiger partial charge in [0.05, 0.1) is 44.5 Å². The first-order chi connectivity index (χ1) is 37.2. The van der Waals surface area contributed by atoms with E-state index in [0.29, 0.717) is 35.1 Å². The van der Waals surface area contributed by atoms with Crippen LogP contribution in [0.15, 0.2) is 249 Å². The second-order valence-corrected chi connectivity index (χ2v) is 18.7. The summed E-state index contributed by atoms with van der Waals surface area (Å²) >= 11 is 0. The molecule has 0 amide bonds. The molecule has 15 aromatic rings. The SMILES string of the molecule is c1ccc(-c2nc(-c3ccccc3)nc(-c3cc(-c4nc(-c5ccccc5-n5c6ccccc6c6ccccc65)nc(-n5c6ccccc6c6ccccc65)n4)ccc3-n3c4ccccc4c4ccccc43)n2)cc1.